The normalized spacial score (nSPS) is 33.4. The van der Waals surface area contributed by atoms with E-state index in [1.807, 2.05) is 6.07 Å². The summed E-state index contributed by atoms with van der Waals surface area (Å²) in [5.41, 5.74) is 4.09. The van der Waals surface area contributed by atoms with Crippen LogP contribution in [0.2, 0.25) is 0 Å². The lowest BCUT2D eigenvalue weighted by atomic mass is 9.58. The fraction of sp³-hybridized carbons (Fsp3) is 0.444. The highest BCUT2D eigenvalue weighted by Gasteiger charge is 2.61. The lowest BCUT2D eigenvalue weighted by Gasteiger charge is -2.49. The van der Waals surface area contributed by atoms with Gasteiger partial charge in [0, 0.05) is 11.6 Å². The van der Waals surface area contributed by atoms with E-state index >= 15 is 0 Å². The van der Waals surface area contributed by atoms with Gasteiger partial charge in [-0.05, 0) is 42.7 Å². The summed E-state index contributed by atoms with van der Waals surface area (Å²) >= 11 is 0. The molecule has 2 bridgehead atoms. The van der Waals surface area contributed by atoms with Gasteiger partial charge in [0.15, 0.2) is 17.6 Å². The molecule has 22 heavy (non-hydrogen) atoms. The molecule has 0 aromatic heterocycles. The maximum Gasteiger partial charge on any atom is 0.169 e. The van der Waals surface area contributed by atoms with Crippen LogP contribution < -0.4 is 14.8 Å². The van der Waals surface area contributed by atoms with Gasteiger partial charge in [0.2, 0.25) is 0 Å². The standard InChI is InChI=1S/C18H19NO3/c1-20-13-5-3-10-9-12-11-4-6-14(21-2)17-18(11,7-8-19-12)15(10)16(13)22-17/h3-6,12,17,19H,7-9H2,1-2H3/t12-,17+,18?/m0/s1. The summed E-state index contributed by atoms with van der Waals surface area (Å²) in [4.78, 5) is 0. The third kappa shape index (κ3) is 1.24. The summed E-state index contributed by atoms with van der Waals surface area (Å²) in [6, 6.07) is 4.64. The van der Waals surface area contributed by atoms with Crippen LogP contribution in [0.25, 0.3) is 0 Å². The molecule has 1 N–H and O–H groups in total. The Balaban J connectivity index is 1.85. The van der Waals surface area contributed by atoms with E-state index in [2.05, 4.69) is 23.5 Å². The van der Waals surface area contributed by atoms with Crippen LogP contribution in [0, 0.1) is 0 Å². The molecule has 5 rings (SSSR count). The fourth-order valence-electron chi connectivity index (χ4n) is 4.85. The average molecular weight is 297 g/mol. The SMILES string of the molecule is COC1=CC=C2[C@@H]3Cc4ccc(OC)c5c4C2(CCN3)[C@@H]1O5. The number of benzene rings is 1. The second kappa shape index (κ2) is 4.07. The molecule has 0 radical (unpaired) electrons. The minimum atomic E-state index is -0.0759. The molecule has 2 heterocycles. The van der Waals surface area contributed by atoms with Gasteiger partial charge in [-0.3, -0.25) is 0 Å². The quantitative estimate of drug-likeness (QED) is 0.907. The Labute approximate surface area is 129 Å². The van der Waals surface area contributed by atoms with Crippen LogP contribution in [0.5, 0.6) is 11.5 Å². The number of rotatable bonds is 2. The molecule has 3 atom stereocenters. The Morgan fingerprint density at radius 1 is 1.23 bits per heavy atom. The van der Waals surface area contributed by atoms with Crippen molar-refractivity contribution in [2.75, 3.05) is 20.8 Å². The van der Waals surface area contributed by atoms with E-state index in [4.69, 9.17) is 14.2 Å². The smallest absolute Gasteiger partial charge is 0.169 e. The Kier molecular flexibility index (Phi) is 2.33. The van der Waals surface area contributed by atoms with Gasteiger partial charge < -0.3 is 19.5 Å². The van der Waals surface area contributed by atoms with Gasteiger partial charge in [-0.2, -0.15) is 0 Å². The molecule has 2 aliphatic heterocycles. The number of allylic oxidation sites excluding steroid dienone is 2. The van der Waals surface area contributed by atoms with Crippen molar-refractivity contribution < 1.29 is 14.2 Å². The van der Waals surface area contributed by atoms with E-state index in [1.54, 1.807) is 14.2 Å². The zero-order chi connectivity index (χ0) is 14.9. The summed E-state index contributed by atoms with van der Waals surface area (Å²) in [5.74, 6) is 2.66. The van der Waals surface area contributed by atoms with Crippen LogP contribution in [-0.2, 0) is 16.6 Å². The van der Waals surface area contributed by atoms with Gasteiger partial charge >= 0.3 is 0 Å². The fourth-order valence-corrected chi connectivity index (χ4v) is 4.85. The van der Waals surface area contributed by atoms with E-state index in [0.29, 0.717) is 6.04 Å². The first-order valence-electron chi connectivity index (χ1n) is 7.86. The van der Waals surface area contributed by atoms with Gasteiger partial charge in [0.25, 0.3) is 0 Å². The maximum atomic E-state index is 6.42. The molecule has 0 saturated carbocycles. The van der Waals surface area contributed by atoms with Gasteiger partial charge in [-0.25, -0.2) is 0 Å². The highest BCUT2D eigenvalue weighted by atomic mass is 16.6. The summed E-state index contributed by atoms with van der Waals surface area (Å²) in [6.07, 6.45) is 6.31. The predicted molar refractivity (Wildman–Crippen MR) is 82.4 cm³/mol. The monoisotopic (exact) mass is 297 g/mol. The van der Waals surface area contributed by atoms with Crippen molar-refractivity contribution in [3.05, 3.63) is 46.7 Å². The van der Waals surface area contributed by atoms with Crippen molar-refractivity contribution in [3.8, 4) is 11.5 Å². The van der Waals surface area contributed by atoms with Crippen molar-refractivity contribution >= 4 is 0 Å². The molecule has 2 aliphatic carbocycles. The van der Waals surface area contributed by atoms with Crippen molar-refractivity contribution in [3.63, 3.8) is 0 Å². The minimum Gasteiger partial charge on any atom is -0.497 e. The summed E-state index contributed by atoms with van der Waals surface area (Å²) in [5, 5.41) is 3.67. The maximum absolute atomic E-state index is 6.42. The first-order chi connectivity index (χ1) is 10.8. The first kappa shape index (κ1) is 12.6. The average Bonchev–Trinajstić information content (AvgIpc) is 2.88. The summed E-state index contributed by atoms with van der Waals surface area (Å²) in [7, 11) is 3.44. The number of hydrogen-bond acceptors (Lipinski definition) is 4. The van der Waals surface area contributed by atoms with Gasteiger partial charge in [0.05, 0.1) is 19.6 Å². The molecule has 1 fully saturated rings. The van der Waals surface area contributed by atoms with Crippen LogP contribution in [0.1, 0.15) is 17.5 Å². The Morgan fingerprint density at radius 3 is 2.95 bits per heavy atom. The molecule has 1 spiro atoms. The van der Waals surface area contributed by atoms with Crippen LogP contribution in [0.3, 0.4) is 0 Å². The lowest BCUT2D eigenvalue weighted by Crippen LogP contribution is -2.58. The number of ether oxygens (including phenoxy) is 3. The highest BCUT2D eigenvalue weighted by molar-refractivity contribution is 5.67. The molecule has 4 aliphatic rings. The lowest BCUT2D eigenvalue weighted by molar-refractivity contribution is 0.0998. The second-order valence-corrected chi connectivity index (χ2v) is 6.46. The molecule has 0 amide bonds. The Hall–Kier alpha value is -1.94. The Bertz CT molecular complexity index is 736. The van der Waals surface area contributed by atoms with Crippen molar-refractivity contribution in [2.24, 2.45) is 0 Å². The zero-order valence-corrected chi connectivity index (χ0v) is 12.8. The van der Waals surface area contributed by atoms with E-state index < -0.39 is 0 Å². The Morgan fingerprint density at radius 2 is 2.14 bits per heavy atom. The molecule has 4 nitrogen and oxygen atoms in total. The molecule has 1 unspecified atom stereocenters. The van der Waals surface area contributed by atoms with E-state index in [1.165, 1.54) is 16.7 Å². The zero-order valence-electron chi connectivity index (χ0n) is 12.8. The minimum absolute atomic E-state index is 0.0625. The van der Waals surface area contributed by atoms with E-state index in [9.17, 15) is 0 Å². The van der Waals surface area contributed by atoms with Crippen LogP contribution in [0.4, 0.5) is 0 Å². The van der Waals surface area contributed by atoms with E-state index in [0.717, 1.165) is 36.6 Å². The molecular formula is C18H19NO3. The van der Waals surface area contributed by atoms with Crippen molar-refractivity contribution in [1.82, 2.24) is 5.32 Å². The van der Waals surface area contributed by atoms with Gasteiger partial charge in [0.1, 0.15) is 5.76 Å². The molecular weight excluding hydrogens is 278 g/mol. The van der Waals surface area contributed by atoms with Gasteiger partial charge in [-0.1, -0.05) is 12.1 Å². The number of nitrogens with one attached hydrogen (secondary N) is 1. The number of hydrogen-bond donors (Lipinski definition) is 1. The second-order valence-electron chi connectivity index (χ2n) is 6.46. The molecule has 114 valence electrons. The molecule has 1 aromatic rings. The highest BCUT2D eigenvalue weighted by Crippen LogP contribution is 2.61. The van der Waals surface area contributed by atoms with Crippen LogP contribution >= 0.6 is 0 Å². The predicted octanol–water partition coefficient (Wildman–Crippen LogP) is 2.08. The summed E-state index contributed by atoms with van der Waals surface area (Å²) < 4.78 is 17.6. The topological polar surface area (TPSA) is 39.7 Å². The molecule has 1 saturated heterocycles. The van der Waals surface area contributed by atoms with E-state index in [-0.39, 0.29) is 11.5 Å². The van der Waals surface area contributed by atoms with Crippen LogP contribution in [0.15, 0.2) is 35.6 Å². The summed E-state index contributed by atoms with van der Waals surface area (Å²) in [6.45, 7) is 1.01. The number of methoxy groups -OCH3 is 2. The van der Waals surface area contributed by atoms with Crippen molar-refractivity contribution in [1.29, 1.82) is 0 Å². The van der Waals surface area contributed by atoms with Gasteiger partial charge in [-0.15, -0.1) is 0 Å². The largest absolute Gasteiger partial charge is 0.497 e. The third-order valence-corrected chi connectivity index (χ3v) is 5.70. The first-order valence-corrected chi connectivity index (χ1v) is 7.86. The number of piperidine rings is 1. The van der Waals surface area contributed by atoms with Crippen LogP contribution in [-0.4, -0.2) is 32.9 Å². The molecule has 1 aromatic carbocycles. The van der Waals surface area contributed by atoms with Crippen molar-refractivity contribution in [2.45, 2.75) is 30.4 Å². The molecule has 4 heteroatoms. The third-order valence-electron chi connectivity index (χ3n) is 5.70.